The monoisotopic (exact) mass is 256 g/mol. The summed E-state index contributed by atoms with van der Waals surface area (Å²) < 4.78 is 1.76. The second-order valence-electron chi connectivity index (χ2n) is 5.26. The Kier molecular flexibility index (Phi) is 3.47. The number of aryl methyl sites for hydroxylation is 2. The molecule has 0 atom stereocenters. The van der Waals surface area contributed by atoms with Gasteiger partial charge in [-0.05, 0) is 51.5 Å². The summed E-state index contributed by atoms with van der Waals surface area (Å²) in [6, 6.07) is 9.96. The summed E-state index contributed by atoms with van der Waals surface area (Å²) in [5.74, 6) is 0. The molecule has 0 aliphatic heterocycles. The number of benzene rings is 1. The fourth-order valence-electron chi connectivity index (χ4n) is 2.31. The number of hydrogen-bond acceptors (Lipinski definition) is 2. The summed E-state index contributed by atoms with van der Waals surface area (Å²) >= 11 is 0. The first-order chi connectivity index (χ1) is 8.91. The Morgan fingerprint density at radius 3 is 2.42 bits per heavy atom. The number of nitrogens with two attached hydrogens (primary N) is 1. The molecule has 0 saturated carbocycles. The molecular formula is C16H20N2O. The summed E-state index contributed by atoms with van der Waals surface area (Å²) in [5.41, 5.74) is 10.3. The van der Waals surface area contributed by atoms with Crippen LogP contribution in [-0.4, -0.2) is 4.57 Å². The zero-order chi connectivity index (χ0) is 14.2. The molecule has 0 spiro atoms. The molecule has 2 N–H and O–H groups in total. The van der Waals surface area contributed by atoms with Gasteiger partial charge in [0.25, 0.3) is 5.56 Å². The maximum atomic E-state index is 12.2. The highest BCUT2D eigenvalue weighted by molar-refractivity contribution is 5.66. The van der Waals surface area contributed by atoms with E-state index in [9.17, 15) is 4.79 Å². The van der Waals surface area contributed by atoms with Gasteiger partial charge in [0, 0.05) is 11.6 Å². The van der Waals surface area contributed by atoms with Crippen LogP contribution in [0, 0.1) is 13.8 Å². The van der Waals surface area contributed by atoms with Crippen molar-refractivity contribution in [2.75, 3.05) is 5.73 Å². The first kappa shape index (κ1) is 13.4. The van der Waals surface area contributed by atoms with E-state index in [0.717, 1.165) is 16.8 Å². The average Bonchev–Trinajstić information content (AvgIpc) is 2.35. The molecule has 2 aromatic rings. The van der Waals surface area contributed by atoms with E-state index in [-0.39, 0.29) is 11.6 Å². The van der Waals surface area contributed by atoms with Crippen LogP contribution in [0.5, 0.6) is 0 Å². The van der Waals surface area contributed by atoms with Gasteiger partial charge in [0.05, 0.1) is 11.4 Å². The van der Waals surface area contributed by atoms with Crippen LogP contribution in [0.3, 0.4) is 0 Å². The number of hydrogen-bond donors (Lipinski definition) is 1. The molecule has 1 aromatic carbocycles. The summed E-state index contributed by atoms with van der Waals surface area (Å²) in [6.45, 7) is 8.10. The van der Waals surface area contributed by atoms with Gasteiger partial charge in [-0.15, -0.1) is 0 Å². The first-order valence-corrected chi connectivity index (χ1v) is 6.50. The molecule has 0 radical (unpaired) electrons. The van der Waals surface area contributed by atoms with E-state index in [1.807, 2.05) is 19.9 Å². The minimum absolute atomic E-state index is 0.0749. The molecule has 0 amide bonds. The number of aromatic nitrogens is 1. The highest BCUT2D eigenvalue weighted by Crippen LogP contribution is 2.26. The highest BCUT2D eigenvalue weighted by Gasteiger charge is 2.13. The van der Waals surface area contributed by atoms with Crippen LogP contribution in [0.2, 0.25) is 0 Å². The standard InChI is InChI=1S/C16H20N2O/c1-10(2)18-15(8-7-14(17)16(18)19)13-9-11(3)5-6-12(13)4/h5-10H,17H2,1-4H3. The van der Waals surface area contributed by atoms with Crippen molar-refractivity contribution < 1.29 is 0 Å². The molecule has 0 aliphatic rings. The van der Waals surface area contributed by atoms with Crippen molar-refractivity contribution in [3.63, 3.8) is 0 Å². The predicted octanol–water partition coefficient (Wildman–Crippen LogP) is 3.30. The number of nitrogens with zero attached hydrogens (tertiary/aromatic N) is 1. The molecule has 3 heteroatoms. The second kappa shape index (κ2) is 4.92. The average molecular weight is 256 g/mol. The SMILES string of the molecule is Cc1ccc(C)c(-c2ccc(N)c(=O)n2C(C)C)c1. The fraction of sp³-hybridized carbons (Fsp3) is 0.312. The first-order valence-electron chi connectivity index (χ1n) is 6.50. The molecule has 19 heavy (non-hydrogen) atoms. The third-order valence-electron chi connectivity index (χ3n) is 3.33. The van der Waals surface area contributed by atoms with Crippen LogP contribution in [0.15, 0.2) is 35.1 Å². The highest BCUT2D eigenvalue weighted by atomic mass is 16.1. The Hall–Kier alpha value is -2.03. The molecule has 0 bridgehead atoms. The van der Waals surface area contributed by atoms with Gasteiger partial charge in [-0.2, -0.15) is 0 Å². The molecule has 3 nitrogen and oxygen atoms in total. The lowest BCUT2D eigenvalue weighted by atomic mass is 10.0. The lowest BCUT2D eigenvalue weighted by Gasteiger charge is -2.18. The Morgan fingerprint density at radius 2 is 1.79 bits per heavy atom. The van der Waals surface area contributed by atoms with E-state index in [1.165, 1.54) is 5.56 Å². The number of pyridine rings is 1. The Labute approximate surface area is 113 Å². The van der Waals surface area contributed by atoms with Crippen molar-refractivity contribution in [2.24, 2.45) is 0 Å². The van der Waals surface area contributed by atoms with Crippen LogP contribution in [-0.2, 0) is 0 Å². The van der Waals surface area contributed by atoms with Crippen molar-refractivity contribution in [3.8, 4) is 11.3 Å². The number of nitrogen functional groups attached to an aromatic ring is 1. The van der Waals surface area contributed by atoms with E-state index in [2.05, 4.69) is 32.0 Å². The summed E-state index contributed by atoms with van der Waals surface area (Å²) in [7, 11) is 0. The van der Waals surface area contributed by atoms with Gasteiger partial charge in [-0.1, -0.05) is 17.7 Å². The number of anilines is 1. The van der Waals surface area contributed by atoms with Gasteiger partial charge in [-0.3, -0.25) is 4.79 Å². The summed E-state index contributed by atoms with van der Waals surface area (Å²) in [6.07, 6.45) is 0. The van der Waals surface area contributed by atoms with E-state index in [0.29, 0.717) is 5.69 Å². The lowest BCUT2D eigenvalue weighted by molar-refractivity contribution is 0.586. The maximum Gasteiger partial charge on any atom is 0.274 e. The van der Waals surface area contributed by atoms with Gasteiger partial charge < -0.3 is 10.3 Å². The minimum Gasteiger partial charge on any atom is -0.394 e. The van der Waals surface area contributed by atoms with Crippen LogP contribution in [0.4, 0.5) is 5.69 Å². The molecule has 1 aromatic heterocycles. The topological polar surface area (TPSA) is 48.0 Å². The second-order valence-corrected chi connectivity index (χ2v) is 5.26. The van der Waals surface area contributed by atoms with Crippen molar-refractivity contribution in [2.45, 2.75) is 33.7 Å². The normalized spacial score (nSPS) is 11.0. The third kappa shape index (κ3) is 2.41. The molecule has 0 fully saturated rings. The largest absolute Gasteiger partial charge is 0.394 e. The van der Waals surface area contributed by atoms with Crippen molar-refractivity contribution >= 4 is 5.69 Å². The molecule has 1 heterocycles. The summed E-state index contributed by atoms with van der Waals surface area (Å²) in [4.78, 5) is 12.2. The third-order valence-corrected chi connectivity index (χ3v) is 3.33. The van der Waals surface area contributed by atoms with Crippen molar-refractivity contribution in [3.05, 3.63) is 51.8 Å². The van der Waals surface area contributed by atoms with E-state index >= 15 is 0 Å². The molecular weight excluding hydrogens is 236 g/mol. The zero-order valence-electron chi connectivity index (χ0n) is 11.9. The van der Waals surface area contributed by atoms with Crippen LogP contribution >= 0.6 is 0 Å². The Balaban J connectivity index is 2.79. The Bertz CT molecular complexity index is 669. The van der Waals surface area contributed by atoms with Crippen molar-refractivity contribution in [1.82, 2.24) is 4.57 Å². The molecule has 2 rings (SSSR count). The summed E-state index contributed by atoms with van der Waals surface area (Å²) in [5, 5.41) is 0. The molecule has 0 aliphatic carbocycles. The maximum absolute atomic E-state index is 12.2. The van der Waals surface area contributed by atoms with Crippen LogP contribution in [0.25, 0.3) is 11.3 Å². The van der Waals surface area contributed by atoms with E-state index in [4.69, 9.17) is 5.73 Å². The van der Waals surface area contributed by atoms with Gasteiger partial charge in [-0.25, -0.2) is 0 Å². The molecule has 0 unspecified atom stereocenters. The van der Waals surface area contributed by atoms with E-state index < -0.39 is 0 Å². The Morgan fingerprint density at radius 1 is 1.11 bits per heavy atom. The molecule has 0 saturated heterocycles. The quantitative estimate of drug-likeness (QED) is 0.896. The van der Waals surface area contributed by atoms with Crippen molar-refractivity contribution in [1.29, 1.82) is 0 Å². The van der Waals surface area contributed by atoms with Gasteiger partial charge in [0.15, 0.2) is 0 Å². The van der Waals surface area contributed by atoms with Gasteiger partial charge in [0.2, 0.25) is 0 Å². The van der Waals surface area contributed by atoms with Crippen LogP contribution < -0.4 is 11.3 Å². The smallest absolute Gasteiger partial charge is 0.274 e. The van der Waals surface area contributed by atoms with E-state index in [1.54, 1.807) is 10.6 Å². The minimum atomic E-state index is -0.117. The van der Waals surface area contributed by atoms with Crippen LogP contribution in [0.1, 0.15) is 31.0 Å². The molecule has 100 valence electrons. The fourth-order valence-corrected chi connectivity index (χ4v) is 2.31. The van der Waals surface area contributed by atoms with Gasteiger partial charge >= 0.3 is 0 Å². The lowest BCUT2D eigenvalue weighted by Crippen LogP contribution is -2.25. The zero-order valence-corrected chi connectivity index (χ0v) is 11.9. The predicted molar refractivity (Wildman–Crippen MR) is 80.4 cm³/mol. The van der Waals surface area contributed by atoms with Gasteiger partial charge in [0.1, 0.15) is 0 Å². The number of rotatable bonds is 2.